The maximum atomic E-state index is 11.7. The molecule has 0 saturated heterocycles. The van der Waals surface area contributed by atoms with Crippen LogP contribution in [0.15, 0.2) is 24.5 Å². The monoisotopic (exact) mass is 262 g/mol. The van der Waals surface area contributed by atoms with Gasteiger partial charge in [0.25, 0.3) is 5.91 Å². The number of pyridine rings is 1. The maximum Gasteiger partial charge on any atom is 0.252 e. The van der Waals surface area contributed by atoms with E-state index in [1.807, 2.05) is 0 Å². The Bertz CT molecular complexity index is 375. The number of nitrogens with one attached hydrogen (secondary N) is 1. The van der Waals surface area contributed by atoms with E-state index in [0.29, 0.717) is 18.2 Å². The third kappa shape index (κ3) is 4.99. The largest absolute Gasteiger partial charge is 0.378 e. The van der Waals surface area contributed by atoms with E-state index in [-0.39, 0.29) is 5.91 Å². The van der Waals surface area contributed by atoms with Gasteiger partial charge < -0.3 is 10.1 Å². The highest BCUT2D eigenvalue weighted by Gasteiger charge is 2.13. The average Bonchev–Trinajstić information content (AvgIpc) is 2.49. The Balaban J connectivity index is 1.55. The van der Waals surface area contributed by atoms with E-state index >= 15 is 0 Å². The SMILES string of the molecule is O=C(NCCCOC1CCCCC1)c1cccnc1. The fourth-order valence-electron chi connectivity index (χ4n) is 2.36. The molecular formula is C15H22N2O2. The summed E-state index contributed by atoms with van der Waals surface area (Å²) < 4.78 is 5.81. The van der Waals surface area contributed by atoms with E-state index in [2.05, 4.69) is 10.3 Å². The molecule has 1 N–H and O–H groups in total. The first-order chi connectivity index (χ1) is 9.36. The van der Waals surface area contributed by atoms with Crippen LogP contribution in [0.5, 0.6) is 0 Å². The van der Waals surface area contributed by atoms with Crippen molar-refractivity contribution in [3.05, 3.63) is 30.1 Å². The third-order valence-electron chi connectivity index (χ3n) is 3.44. The van der Waals surface area contributed by atoms with Crippen molar-refractivity contribution < 1.29 is 9.53 Å². The number of ether oxygens (including phenoxy) is 1. The van der Waals surface area contributed by atoms with Crippen molar-refractivity contribution in [2.24, 2.45) is 0 Å². The lowest BCUT2D eigenvalue weighted by atomic mass is 9.98. The highest BCUT2D eigenvalue weighted by molar-refractivity contribution is 5.93. The molecule has 4 nitrogen and oxygen atoms in total. The Morgan fingerprint density at radius 1 is 1.37 bits per heavy atom. The van der Waals surface area contributed by atoms with E-state index < -0.39 is 0 Å². The third-order valence-corrected chi connectivity index (χ3v) is 3.44. The van der Waals surface area contributed by atoms with E-state index in [0.717, 1.165) is 13.0 Å². The summed E-state index contributed by atoms with van der Waals surface area (Å²) in [5.41, 5.74) is 0.607. The lowest BCUT2D eigenvalue weighted by Gasteiger charge is -2.21. The summed E-state index contributed by atoms with van der Waals surface area (Å²) in [7, 11) is 0. The van der Waals surface area contributed by atoms with Crippen LogP contribution < -0.4 is 5.32 Å². The highest BCUT2D eigenvalue weighted by atomic mass is 16.5. The molecule has 0 atom stereocenters. The van der Waals surface area contributed by atoms with Crippen LogP contribution in [0.2, 0.25) is 0 Å². The fraction of sp³-hybridized carbons (Fsp3) is 0.600. The van der Waals surface area contributed by atoms with Crippen molar-refractivity contribution >= 4 is 5.91 Å². The summed E-state index contributed by atoms with van der Waals surface area (Å²) in [5.74, 6) is -0.0641. The molecule has 1 amide bonds. The number of carbonyl (C=O) groups is 1. The first-order valence-electron chi connectivity index (χ1n) is 7.16. The van der Waals surface area contributed by atoms with Gasteiger partial charge in [0.05, 0.1) is 11.7 Å². The summed E-state index contributed by atoms with van der Waals surface area (Å²) in [6.45, 7) is 1.39. The fourth-order valence-corrected chi connectivity index (χ4v) is 2.36. The van der Waals surface area contributed by atoms with Gasteiger partial charge >= 0.3 is 0 Å². The van der Waals surface area contributed by atoms with Gasteiger partial charge in [-0.25, -0.2) is 0 Å². The van der Waals surface area contributed by atoms with Gasteiger partial charge in [0.2, 0.25) is 0 Å². The number of rotatable bonds is 6. The van der Waals surface area contributed by atoms with E-state index in [4.69, 9.17) is 4.74 Å². The molecule has 1 saturated carbocycles. The number of hydrogen-bond acceptors (Lipinski definition) is 3. The molecule has 0 spiro atoms. The van der Waals surface area contributed by atoms with Crippen molar-refractivity contribution in [1.82, 2.24) is 10.3 Å². The molecule has 0 unspecified atom stereocenters. The number of hydrogen-bond donors (Lipinski definition) is 1. The summed E-state index contributed by atoms with van der Waals surface area (Å²) in [6.07, 6.45) is 10.9. The highest BCUT2D eigenvalue weighted by Crippen LogP contribution is 2.20. The molecule has 104 valence electrons. The topological polar surface area (TPSA) is 51.2 Å². The number of aromatic nitrogens is 1. The second-order valence-electron chi connectivity index (χ2n) is 4.98. The van der Waals surface area contributed by atoms with E-state index in [1.165, 1.54) is 32.1 Å². The minimum absolute atomic E-state index is 0.0641. The molecule has 1 aromatic heterocycles. The summed E-state index contributed by atoms with van der Waals surface area (Å²) in [5, 5.41) is 2.88. The molecule has 19 heavy (non-hydrogen) atoms. The minimum atomic E-state index is -0.0641. The molecule has 1 fully saturated rings. The zero-order valence-corrected chi connectivity index (χ0v) is 11.3. The molecular weight excluding hydrogens is 240 g/mol. The Hall–Kier alpha value is -1.42. The molecule has 1 aliphatic rings. The summed E-state index contributed by atoms with van der Waals surface area (Å²) in [4.78, 5) is 15.6. The summed E-state index contributed by atoms with van der Waals surface area (Å²) in [6, 6.07) is 3.53. The Labute approximate surface area is 114 Å². The van der Waals surface area contributed by atoms with Gasteiger partial charge in [0, 0.05) is 25.5 Å². The quantitative estimate of drug-likeness (QED) is 0.802. The molecule has 1 aromatic rings. The van der Waals surface area contributed by atoms with Gasteiger partial charge in [-0.05, 0) is 31.4 Å². The van der Waals surface area contributed by atoms with Crippen LogP contribution in [0.25, 0.3) is 0 Å². The normalized spacial score (nSPS) is 16.2. The van der Waals surface area contributed by atoms with Gasteiger partial charge in [-0.2, -0.15) is 0 Å². The predicted octanol–water partition coefficient (Wildman–Crippen LogP) is 2.55. The Kier molecular flexibility index (Phi) is 5.82. The van der Waals surface area contributed by atoms with Crippen molar-refractivity contribution in [2.45, 2.75) is 44.6 Å². The van der Waals surface area contributed by atoms with Crippen molar-refractivity contribution in [3.63, 3.8) is 0 Å². The lowest BCUT2D eigenvalue weighted by molar-refractivity contribution is 0.0273. The lowest BCUT2D eigenvalue weighted by Crippen LogP contribution is -2.26. The summed E-state index contributed by atoms with van der Waals surface area (Å²) >= 11 is 0. The number of amides is 1. The maximum absolute atomic E-state index is 11.7. The molecule has 0 bridgehead atoms. The molecule has 2 rings (SSSR count). The zero-order chi connectivity index (χ0) is 13.3. The van der Waals surface area contributed by atoms with Crippen LogP contribution in [0.4, 0.5) is 0 Å². The van der Waals surface area contributed by atoms with Crippen molar-refractivity contribution in [3.8, 4) is 0 Å². The molecule has 0 aromatic carbocycles. The van der Waals surface area contributed by atoms with Gasteiger partial charge in [-0.15, -0.1) is 0 Å². The van der Waals surface area contributed by atoms with Gasteiger partial charge in [0.1, 0.15) is 0 Å². The second-order valence-corrected chi connectivity index (χ2v) is 4.98. The van der Waals surface area contributed by atoms with Crippen LogP contribution in [0.3, 0.4) is 0 Å². The first kappa shape index (κ1) is 14.0. The van der Waals surface area contributed by atoms with Crippen LogP contribution in [-0.4, -0.2) is 30.1 Å². The zero-order valence-electron chi connectivity index (χ0n) is 11.3. The average molecular weight is 262 g/mol. The number of carbonyl (C=O) groups excluding carboxylic acids is 1. The van der Waals surface area contributed by atoms with E-state index in [1.54, 1.807) is 24.5 Å². The second kappa shape index (κ2) is 7.89. The van der Waals surface area contributed by atoms with Crippen molar-refractivity contribution in [2.75, 3.05) is 13.2 Å². The van der Waals surface area contributed by atoms with Gasteiger partial charge in [0.15, 0.2) is 0 Å². The number of nitrogens with zero attached hydrogens (tertiary/aromatic N) is 1. The predicted molar refractivity (Wildman–Crippen MR) is 74.0 cm³/mol. The molecule has 0 aliphatic heterocycles. The van der Waals surface area contributed by atoms with Crippen LogP contribution in [0.1, 0.15) is 48.9 Å². The van der Waals surface area contributed by atoms with E-state index in [9.17, 15) is 4.79 Å². The molecule has 1 aliphatic carbocycles. The Morgan fingerprint density at radius 3 is 2.95 bits per heavy atom. The standard InChI is InChI=1S/C15H22N2O2/c18-15(13-6-4-9-16-12-13)17-10-5-11-19-14-7-2-1-3-8-14/h4,6,9,12,14H,1-3,5,7-8,10-11H2,(H,17,18). The molecule has 1 heterocycles. The Morgan fingerprint density at radius 2 is 2.21 bits per heavy atom. The molecule has 4 heteroatoms. The van der Waals surface area contributed by atoms with Crippen LogP contribution >= 0.6 is 0 Å². The smallest absolute Gasteiger partial charge is 0.252 e. The minimum Gasteiger partial charge on any atom is -0.378 e. The molecule has 0 radical (unpaired) electrons. The van der Waals surface area contributed by atoms with Crippen molar-refractivity contribution in [1.29, 1.82) is 0 Å². The van der Waals surface area contributed by atoms with Gasteiger partial charge in [-0.1, -0.05) is 19.3 Å². The van der Waals surface area contributed by atoms with Crippen LogP contribution in [0, 0.1) is 0 Å². The first-order valence-corrected chi connectivity index (χ1v) is 7.16. The van der Waals surface area contributed by atoms with Gasteiger partial charge in [-0.3, -0.25) is 9.78 Å². The van der Waals surface area contributed by atoms with Crippen LogP contribution in [-0.2, 0) is 4.74 Å².